The summed E-state index contributed by atoms with van der Waals surface area (Å²) in [6.07, 6.45) is 2.01. The minimum absolute atomic E-state index is 0.0827. The van der Waals surface area contributed by atoms with E-state index in [4.69, 9.17) is 5.73 Å². The highest BCUT2D eigenvalue weighted by Gasteiger charge is 2.41. The highest BCUT2D eigenvalue weighted by molar-refractivity contribution is 6.04. The monoisotopic (exact) mass is 256 g/mol. The molecule has 0 atom stereocenters. The third kappa shape index (κ3) is 2.27. The fourth-order valence-electron chi connectivity index (χ4n) is 1.73. The average Bonchev–Trinajstić information content (AvgIpc) is 2.68. The van der Waals surface area contributed by atoms with Crippen molar-refractivity contribution in [3.05, 3.63) is 23.8 Å². The van der Waals surface area contributed by atoms with Crippen molar-refractivity contribution in [2.75, 3.05) is 13.1 Å². The summed E-state index contributed by atoms with van der Waals surface area (Å²) >= 11 is 0. The first kappa shape index (κ1) is 12.3. The van der Waals surface area contributed by atoms with Gasteiger partial charge in [0.25, 0.3) is 17.7 Å². The highest BCUT2D eigenvalue weighted by atomic mass is 19.3. The molecule has 0 bridgehead atoms. The summed E-state index contributed by atoms with van der Waals surface area (Å²) in [5, 5.41) is 0. The van der Waals surface area contributed by atoms with E-state index in [2.05, 4.69) is 9.97 Å². The van der Waals surface area contributed by atoms with Gasteiger partial charge in [0.05, 0.1) is 6.54 Å². The van der Waals surface area contributed by atoms with Gasteiger partial charge in [-0.3, -0.25) is 9.59 Å². The molecule has 2 rings (SSSR count). The van der Waals surface area contributed by atoms with Gasteiger partial charge in [-0.15, -0.1) is 0 Å². The van der Waals surface area contributed by atoms with E-state index in [9.17, 15) is 18.4 Å². The zero-order chi connectivity index (χ0) is 13.3. The van der Waals surface area contributed by atoms with Crippen molar-refractivity contribution in [1.82, 2.24) is 14.9 Å². The number of primary amides is 1. The minimum atomic E-state index is -2.90. The number of nitrogens with zero attached hydrogens (tertiary/aromatic N) is 3. The Kier molecular flexibility index (Phi) is 2.93. The predicted octanol–water partition coefficient (Wildman–Crippen LogP) is 0.0567. The highest BCUT2D eigenvalue weighted by Crippen LogP contribution is 2.27. The van der Waals surface area contributed by atoms with E-state index in [1.807, 2.05) is 0 Å². The Balaban J connectivity index is 2.27. The van der Waals surface area contributed by atoms with Crippen LogP contribution in [0.3, 0.4) is 0 Å². The molecular formula is C10H10F2N4O2. The van der Waals surface area contributed by atoms with Crippen LogP contribution in [0.1, 0.15) is 27.4 Å². The van der Waals surface area contributed by atoms with Gasteiger partial charge in [-0.1, -0.05) is 0 Å². The molecule has 1 aliphatic rings. The van der Waals surface area contributed by atoms with E-state index < -0.39 is 30.7 Å². The Hall–Kier alpha value is -2.12. The lowest BCUT2D eigenvalue weighted by Crippen LogP contribution is -2.34. The molecule has 1 aromatic rings. The van der Waals surface area contributed by atoms with E-state index >= 15 is 0 Å². The number of carbonyl (C=O) groups excluding carboxylic acids is 2. The molecule has 0 saturated carbocycles. The second kappa shape index (κ2) is 4.28. The molecule has 8 heteroatoms. The maximum Gasteiger partial charge on any atom is 0.275 e. The third-order valence-corrected chi connectivity index (χ3v) is 2.59. The molecule has 6 nitrogen and oxygen atoms in total. The summed E-state index contributed by atoms with van der Waals surface area (Å²) in [5.74, 6) is -4.57. The van der Waals surface area contributed by atoms with Crippen molar-refractivity contribution in [3.8, 4) is 0 Å². The van der Waals surface area contributed by atoms with Crippen LogP contribution in [0.4, 0.5) is 8.78 Å². The quantitative estimate of drug-likeness (QED) is 0.810. The zero-order valence-corrected chi connectivity index (χ0v) is 9.27. The van der Waals surface area contributed by atoms with Crippen LogP contribution in [0, 0.1) is 0 Å². The summed E-state index contributed by atoms with van der Waals surface area (Å²) < 4.78 is 26.0. The molecule has 2 amide bonds. The van der Waals surface area contributed by atoms with E-state index in [1.165, 1.54) is 12.4 Å². The zero-order valence-electron chi connectivity index (χ0n) is 9.27. The van der Waals surface area contributed by atoms with Gasteiger partial charge in [-0.2, -0.15) is 0 Å². The fourth-order valence-corrected chi connectivity index (χ4v) is 1.73. The summed E-state index contributed by atoms with van der Waals surface area (Å²) in [4.78, 5) is 31.3. The molecule has 0 radical (unpaired) electrons. The van der Waals surface area contributed by atoms with Crippen LogP contribution in [0.5, 0.6) is 0 Å². The summed E-state index contributed by atoms with van der Waals surface area (Å²) in [7, 11) is 0. The van der Waals surface area contributed by atoms with Crippen LogP contribution in [0.2, 0.25) is 0 Å². The predicted molar refractivity (Wildman–Crippen MR) is 56.0 cm³/mol. The lowest BCUT2D eigenvalue weighted by atomic mass is 10.2. The SMILES string of the molecule is NC(=O)c1nccnc1C(=O)N1CCC(F)(F)C1. The van der Waals surface area contributed by atoms with Gasteiger partial charge in [-0.05, 0) is 0 Å². The Bertz CT molecular complexity index is 506. The van der Waals surface area contributed by atoms with E-state index in [-0.39, 0.29) is 17.9 Å². The first-order valence-electron chi connectivity index (χ1n) is 5.19. The van der Waals surface area contributed by atoms with E-state index in [0.29, 0.717) is 0 Å². The van der Waals surface area contributed by atoms with Crippen molar-refractivity contribution < 1.29 is 18.4 Å². The van der Waals surface area contributed by atoms with Crippen molar-refractivity contribution in [2.45, 2.75) is 12.3 Å². The van der Waals surface area contributed by atoms with Crippen LogP contribution in [-0.4, -0.2) is 45.7 Å². The number of hydrogen-bond donors (Lipinski definition) is 1. The number of likely N-dealkylation sites (tertiary alicyclic amines) is 1. The lowest BCUT2D eigenvalue weighted by molar-refractivity contribution is 0.0119. The number of hydrogen-bond acceptors (Lipinski definition) is 4. The van der Waals surface area contributed by atoms with Crippen molar-refractivity contribution in [3.63, 3.8) is 0 Å². The van der Waals surface area contributed by atoms with Crippen LogP contribution >= 0.6 is 0 Å². The molecule has 0 aromatic carbocycles. The molecule has 1 saturated heterocycles. The van der Waals surface area contributed by atoms with Crippen molar-refractivity contribution in [2.24, 2.45) is 5.73 Å². The normalized spacial score (nSPS) is 17.8. The molecule has 1 fully saturated rings. The molecule has 0 unspecified atom stereocenters. The summed E-state index contributed by atoms with van der Waals surface area (Å²) in [6, 6.07) is 0. The van der Waals surface area contributed by atoms with Gasteiger partial charge in [0.15, 0.2) is 11.4 Å². The lowest BCUT2D eigenvalue weighted by Gasteiger charge is -2.16. The topological polar surface area (TPSA) is 89.2 Å². The summed E-state index contributed by atoms with van der Waals surface area (Å²) in [6.45, 7) is -0.763. The maximum absolute atomic E-state index is 13.0. The van der Waals surface area contributed by atoms with E-state index in [1.54, 1.807) is 0 Å². The van der Waals surface area contributed by atoms with Crippen LogP contribution in [0.25, 0.3) is 0 Å². The van der Waals surface area contributed by atoms with Crippen molar-refractivity contribution in [1.29, 1.82) is 0 Å². The smallest absolute Gasteiger partial charge is 0.275 e. The first-order valence-corrected chi connectivity index (χ1v) is 5.19. The number of rotatable bonds is 2. The van der Waals surface area contributed by atoms with Gasteiger partial charge in [-0.25, -0.2) is 18.7 Å². The third-order valence-electron chi connectivity index (χ3n) is 2.59. The van der Waals surface area contributed by atoms with Crippen LogP contribution < -0.4 is 5.73 Å². The number of aromatic nitrogens is 2. The number of amides is 2. The van der Waals surface area contributed by atoms with Gasteiger partial charge in [0.1, 0.15) is 0 Å². The fraction of sp³-hybridized carbons (Fsp3) is 0.400. The molecule has 1 aromatic heterocycles. The molecule has 96 valence electrons. The number of carbonyl (C=O) groups is 2. The largest absolute Gasteiger partial charge is 0.364 e. The molecule has 0 spiro atoms. The molecule has 0 aliphatic carbocycles. The van der Waals surface area contributed by atoms with Crippen LogP contribution in [-0.2, 0) is 0 Å². The second-order valence-electron chi connectivity index (χ2n) is 3.95. The average molecular weight is 256 g/mol. The Morgan fingerprint density at radius 2 is 1.89 bits per heavy atom. The Morgan fingerprint density at radius 1 is 1.28 bits per heavy atom. The van der Waals surface area contributed by atoms with Gasteiger partial charge in [0, 0.05) is 25.4 Å². The van der Waals surface area contributed by atoms with Crippen molar-refractivity contribution >= 4 is 11.8 Å². The summed E-state index contributed by atoms with van der Waals surface area (Å²) in [5.41, 5.74) is 4.45. The number of halogens is 2. The molecule has 18 heavy (non-hydrogen) atoms. The first-order chi connectivity index (χ1) is 8.41. The Labute approximate surface area is 101 Å². The van der Waals surface area contributed by atoms with Gasteiger partial charge >= 0.3 is 0 Å². The standard InChI is InChI=1S/C10H10F2N4O2/c11-10(12)1-4-16(5-10)9(18)7-6(8(13)17)14-2-3-15-7/h2-3H,1,4-5H2,(H2,13,17). The van der Waals surface area contributed by atoms with Crippen LogP contribution in [0.15, 0.2) is 12.4 Å². The minimum Gasteiger partial charge on any atom is -0.364 e. The maximum atomic E-state index is 13.0. The second-order valence-corrected chi connectivity index (χ2v) is 3.95. The van der Waals surface area contributed by atoms with E-state index in [0.717, 1.165) is 4.90 Å². The molecule has 2 heterocycles. The molecule has 1 aliphatic heterocycles. The molecule has 2 N–H and O–H groups in total. The Morgan fingerprint density at radius 3 is 2.39 bits per heavy atom. The number of nitrogens with two attached hydrogens (primary N) is 1. The van der Waals surface area contributed by atoms with Gasteiger partial charge in [0.2, 0.25) is 0 Å². The van der Waals surface area contributed by atoms with Gasteiger partial charge < -0.3 is 10.6 Å². The number of alkyl halides is 2. The molecular weight excluding hydrogens is 246 g/mol.